The summed E-state index contributed by atoms with van der Waals surface area (Å²) in [6, 6.07) is 0. The Morgan fingerprint density at radius 2 is 2.31 bits per heavy atom. The van der Waals surface area contributed by atoms with Gasteiger partial charge in [-0.1, -0.05) is 15.9 Å². The number of aromatic nitrogens is 1. The van der Waals surface area contributed by atoms with Gasteiger partial charge in [0.05, 0.1) is 18.2 Å². The van der Waals surface area contributed by atoms with Crippen LogP contribution in [-0.4, -0.2) is 18.1 Å². The van der Waals surface area contributed by atoms with E-state index < -0.39 is 12.4 Å². The van der Waals surface area contributed by atoms with Gasteiger partial charge in [-0.05, 0) is 28.2 Å². The first-order valence-electron chi connectivity index (χ1n) is 4.12. The monoisotopic (exact) mass is 405 g/mol. The fourth-order valence-corrected chi connectivity index (χ4v) is 2.49. The number of carbonyl (C=O) groups excluding carboxylic acids is 1. The van der Waals surface area contributed by atoms with E-state index in [1.165, 1.54) is 13.3 Å². The number of rotatable bonds is 3. The van der Waals surface area contributed by atoms with Crippen molar-refractivity contribution in [3.63, 3.8) is 0 Å². The second-order valence-electron chi connectivity index (χ2n) is 2.78. The van der Waals surface area contributed by atoms with Gasteiger partial charge in [0.15, 0.2) is 0 Å². The number of hydrogen-bond acceptors (Lipinski definition) is 3. The Kier molecular flexibility index (Phi) is 5.03. The molecule has 0 bridgehead atoms. The number of alkyl halides is 3. The summed E-state index contributed by atoms with van der Waals surface area (Å²) in [5, 5.41) is 0.148. The molecule has 0 saturated carbocycles. The van der Waals surface area contributed by atoms with E-state index in [2.05, 4.69) is 25.7 Å². The largest absolute Gasteiger partial charge is 0.465 e. The zero-order valence-corrected chi connectivity index (χ0v) is 11.9. The zero-order valence-electron chi connectivity index (χ0n) is 8.14. The molecule has 0 aliphatic heterocycles. The fourth-order valence-electron chi connectivity index (χ4n) is 1.19. The summed E-state index contributed by atoms with van der Waals surface area (Å²) in [5.74, 6) is -0.666. The molecule has 0 N–H and O–H groups in total. The third-order valence-electron chi connectivity index (χ3n) is 1.94. The molecule has 0 saturated heterocycles. The van der Waals surface area contributed by atoms with Crippen LogP contribution in [0, 0.1) is 3.70 Å². The molecule has 0 aliphatic carbocycles. The van der Waals surface area contributed by atoms with Gasteiger partial charge in [-0.2, -0.15) is 0 Å². The number of methoxy groups -OCH3 is 1. The number of esters is 1. The van der Waals surface area contributed by atoms with Gasteiger partial charge in [0.25, 0.3) is 6.43 Å². The van der Waals surface area contributed by atoms with E-state index in [1.807, 2.05) is 0 Å². The van der Waals surface area contributed by atoms with Crippen LogP contribution in [-0.2, 0) is 10.1 Å². The fraction of sp³-hybridized carbons (Fsp3) is 0.333. The molecule has 0 aromatic carbocycles. The molecule has 0 amide bonds. The third kappa shape index (κ3) is 2.68. The molecular formula is C9H7BrF2INO2. The molecule has 1 aromatic heterocycles. The van der Waals surface area contributed by atoms with Crippen LogP contribution < -0.4 is 0 Å². The highest BCUT2D eigenvalue weighted by Crippen LogP contribution is 2.30. The second-order valence-corrected chi connectivity index (χ2v) is 4.36. The van der Waals surface area contributed by atoms with Gasteiger partial charge in [-0.25, -0.2) is 18.6 Å². The van der Waals surface area contributed by atoms with Crippen LogP contribution in [0.5, 0.6) is 0 Å². The van der Waals surface area contributed by atoms with Crippen LogP contribution in [0.15, 0.2) is 6.20 Å². The van der Waals surface area contributed by atoms with E-state index in [4.69, 9.17) is 0 Å². The lowest BCUT2D eigenvalue weighted by Gasteiger charge is -2.11. The highest BCUT2D eigenvalue weighted by molar-refractivity contribution is 14.1. The van der Waals surface area contributed by atoms with Gasteiger partial charge in [0.1, 0.15) is 3.70 Å². The molecule has 0 radical (unpaired) electrons. The minimum Gasteiger partial charge on any atom is -0.465 e. The molecule has 7 heteroatoms. The van der Waals surface area contributed by atoms with E-state index in [0.717, 1.165) is 0 Å². The molecule has 0 unspecified atom stereocenters. The van der Waals surface area contributed by atoms with Crippen molar-refractivity contribution >= 4 is 44.5 Å². The molecule has 1 aromatic rings. The lowest BCUT2D eigenvalue weighted by Crippen LogP contribution is -2.10. The first-order valence-corrected chi connectivity index (χ1v) is 6.32. The van der Waals surface area contributed by atoms with Crippen molar-refractivity contribution < 1.29 is 18.3 Å². The van der Waals surface area contributed by atoms with Crippen molar-refractivity contribution in [2.75, 3.05) is 7.11 Å². The number of pyridine rings is 1. The topological polar surface area (TPSA) is 39.2 Å². The van der Waals surface area contributed by atoms with Crippen molar-refractivity contribution in [3.8, 4) is 0 Å². The molecule has 1 rings (SSSR count). The summed E-state index contributed by atoms with van der Waals surface area (Å²) in [5.41, 5.74) is 0.0664. The number of nitrogens with zero attached hydrogens (tertiary/aromatic N) is 1. The highest BCUT2D eigenvalue weighted by atomic mass is 127. The molecule has 3 nitrogen and oxygen atoms in total. The maximum absolute atomic E-state index is 12.8. The SMILES string of the molecule is COC(=O)c1cnc(I)c(C(F)F)c1CBr. The lowest BCUT2D eigenvalue weighted by atomic mass is 10.1. The number of hydrogen-bond donors (Lipinski definition) is 0. The van der Waals surface area contributed by atoms with Gasteiger partial charge in [0, 0.05) is 11.5 Å². The lowest BCUT2D eigenvalue weighted by molar-refractivity contribution is 0.0598. The minimum absolute atomic E-state index is 0.0649. The number of carbonyl (C=O) groups is 1. The van der Waals surface area contributed by atoms with Gasteiger partial charge in [0.2, 0.25) is 0 Å². The van der Waals surface area contributed by atoms with Crippen molar-refractivity contribution in [1.82, 2.24) is 4.98 Å². The predicted octanol–water partition coefficient (Wildman–Crippen LogP) is 3.31. The Morgan fingerprint density at radius 3 is 2.75 bits per heavy atom. The maximum Gasteiger partial charge on any atom is 0.339 e. The first-order chi connectivity index (χ1) is 7.52. The van der Waals surface area contributed by atoms with E-state index in [0.29, 0.717) is 0 Å². The Balaban J connectivity index is 3.42. The molecule has 0 atom stereocenters. The van der Waals surface area contributed by atoms with E-state index in [1.54, 1.807) is 22.6 Å². The summed E-state index contributed by atoms with van der Waals surface area (Å²) in [6.07, 6.45) is -1.42. The Hall–Kier alpha value is -0.310. The summed E-state index contributed by atoms with van der Waals surface area (Å²) >= 11 is 4.80. The van der Waals surface area contributed by atoms with Crippen LogP contribution >= 0.6 is 38.5 Å². The van der Waals surface area contributed by atoms with Gasteiger partial charge < -0.3 is 4.74 Å². The zero-order chi connectivity index (χ0) is 12.3. The average molecular weight is 406 g/mol. The molecule has 0 aliphatic rings. The molecule has 88 valence electrons. The van der Waals surface area contributed by atoms with Gasteiger partial charge in [-0.15, -0.1) is 0 Å². The Bertz CT molecular complexity index is 415. The average Bonchev–Trinajstić information content (AvgIpc) is 2.26. The van der Waals surface area contributed by atoms with Crippen LogP contribution in [0.25, 0.3) is 0 Å². The van der Waals surface area contributed by atoms with Crippen molar-refractivity contribution in [2.24, 2.45) is 0 Å². The van der Waals surface area contributed by atoms with E-state index in [-0.39, 0.29) is 25.7 Å². The van der Waals surface area contributed by atoms with Crippen LogP contribution in [0.3, 0.4) is 0 Å². The van der Waals surface area contributed by atoms with Crippen molar-refractivity contribution in [3.05, 3.63) is 26.6 Å². The van der Waals surface area contributed by atoms with Gasteiger partial charge in [-0.3, -0.25) is 0 Å². The molecular weight excluding hydrogens is 399 g/mol. The Morgan fingerprint density at radius 1 is 1.69 bits per heavy atom. The second kappa shape index (κ2) is 5.85. The van der Waals surface area contributed by atoms with Crippen LogP contribution in [0.1, 0.15) is 27.9 Å². The van der Waals surface area contributed by atoms with Gasteiger partial charge >= 0.3 is 5.97 Å². The van der Waals surface area contributed by atoms with Crippen LogP contribution in [0.4, 0.5) is 8.78 Å². The van der Waals surface area contributed by atoms with Crippen molar-refractivity contribution in [2.45, 2.75) is 11.8 Å². The van der Waals surface area contributed by atoms with E-state index in [9.17, 15) is 13.6 Å². The predicted molar refractivity (Wildman–Crippen MR) is 65.9 cm³/mol. The standard InChI is InChI=1S/C9H7BrF2INO2/c1-16-9(15)5-3-14-8(13)6(7(11)12)4(5)2-10/h3,7H,2H2,1H3. The van der Waals surface area contributed by atoms with E-state index >= 15 is 0 Å². The summed E-state index contributed by atoms with van der Waals surface area (Å²) in [4.78, 5) is 15.1. The first kappa shape index (κ1) is 13.8. The summed E-state index contributed by atoms with van der Waals surface area (Å²) in [6.45, 7) is 0. The quantitative estimate of drug-likeness (QED) is 0.335. The molecule has 1 heterocycles. The summed E-state index contributed by atoms with van der Waals surface area (Å²) in [7, 11) is 1.19. The van der Waals surface area contributed by atoms with Crippen LogP contribution in [0.2, 0.25) is 0 Å². The molecule has 0 fully saturated rings. The molecule has 16 heavy (non-hydrogen) atoms. The minimum atomic E-state index is -2.67. The molecule has 0 spiro atoms. The summed E-state index contributed by atoms with van der Waals surface area (Å²) < 4.78 is 30.3. The normalized spacial score (nSPS) is 10.6. The Labute approximate surface area is 113 Å². The highest BCUT2D eigenvalue weighted by Gasteiger charge is 2.23. The third-order valence-corrected chi connectivity index (χ3v) is 3.36. The number of halogens is 4. The maximum atomic E-state index is 12.8. The number of ether oxygens (including phenoxy) is 1. The van der Waals surface area contributed by atoms with Crippen molar-refractivity contribution in [1.29, 1.82) is 0 Å². The smallest absolute Gasteiger partial charge is 0.339 e.